The monoisotopic (exact) mass is 1140 g/mol. The van der Waals surface area contributed by atoms with Crippen LogP contribution in [0, 0.1) is 0 Å². The molecule has 16 nitrogen and oxygen atoms in total. The van der Waals surface area contributed by atoms with E-state index in [1.165, 1.54) is 0 Å². The molecular formula is C63H80N6O10S2. The number of carbonyl (C=O) groups is 3. The number of likely N-dealkylation sites (tertiary alicyclic amines) is 1. The summed E-state index contributed by atoms with van der Waals surface area (Å²) in [5.41, 5.74) is 5.93. The molecule has 4 aliphatic rings. The van der Waals surface area contributed by atoms with E-state index in [1.807, 2.05) is 107 Å². The van der Waals surface area contributed by atoms with Gasteiger partial charge in [-0.2, -0.15) is 0 Å². The van der Waals surface area contributed by atoms with Crippen LogP contribution >= 0.6 is 0 Å². The Bertz CT molecular complexity index is 3280. The van der Waals surface area contributed by atoms with E-state index in [2.05, 4.69) is 26.9 Å². The van der Waals surface area contributed by atoms with Gasteiger partial charge in [0.15, 0.2) is 0 Å². The smallest absolute Gasteiger partial charge is 0.410 e. The van der Waals surface area contributed by atoms with Crippen molar-refractivity contribution < 1.29 is 45.4 Å². The van der Waals surface area contributed by atoms with E-state index in [-0.39, 0.29) is 48.3 Å². The van der Waals surface area contributed by atoms with Crippen LogP contribution in [0.1, 0.15) is 136 Å². The third kappa shape index (κ3) is 14.4. The quantitative estimate of drug-likeness (QED) is 0.0851. The van der Waals surface area contributed by atoms with Gasteiger partial charge < -0.3 is 34.2 Å². The molecule has 9 rings (SSSR count). The standard InChI is InChI=1S/C35H41N3O6S.C27H35N3O4S.CH4/c1-4-36-45(41,42)29-17-18-32-30(23-29)31(27-13-15-28(16-14-27)33(39)37(5-2)6-3)24-35(44-32)19-10-21-38(22-20-35)34(40)43-25-26-11-8-7-9-12-26;1-4-29-35(32,33)22-12-13-25-23(18-22)24(19-27(34-25)14-7-16-28-17-15-27)20-8-10-21(11-9-20)26(31)30(5-2)6-3;/h7-9,11-18,23-24,36H,4-6,10,19-22,25H2,1-3H3;8-13,18-19,28-29H,4-7,14-17H2,1-3H3;1H4. The Morgan fingerprint density at radius 1 is 0.580 bits per heavy atom. The summed E-state index contributed by atoms with van der Waals surface area (Å²) in [7, 11) is -7.32. The van der Waals surface area contributed by atoms with Gasteiger partial charge in [0.1, 0.15) is 29.3 Å². The summed E-state index contributed by atoms with van der Waals surface area (Å²) in [5, 5.41) is 3.44. The number of sulfonamides is 2. The second kappa shape index (κ2) is 27.3. The lowest BCUT2D eigenvalue weighted by atomic mass is 9.84. The van der Waals surface area contributed by atoms with Crippen LogP contribution in [0.2, 0.25) is 0 Å². The largest absolute Gasteiger partial charge is 0.482 e. The normalized spacial score (nSPS) is 18.6. The Balaban J connectivity index is 0.000000238. The molecule has 2 spiro atoms. The summed E-state index contributed by atoms with van der Waals surface area (Å²) in [6, 6.07) is 34.6. The van der Waals surface area contributed by atoms with Crippen LogP contribution in [0.25, 0.3) is 11.1 Å². The summed E-state index contributed by atoms with van der Waals surface area (Å²) < 4.78 is 75.2. The van der Waals surface area contributed by atoms with Gasteiger partial charge in [0.25, 0.3) is 11.8 Å². The number of fused-ring (bicyclic) bond motifs is 2. The molecular weight excluding hydrogens is 1060 g/mol. The lowest BCUT2D eigenvalue weighted by Gasteiger charge is -2.37. The lowest BCUT2D eigenvalue weighted by Crippen LogP contribution is -2.39. The molecule has 18 heteroatoms. The number of benzene rings is 5. The highest BCUT2D eigenvalue weighted by Gasteiger charge is 2.40. The molecule has 81 heavy (non-hydrogen) atoms. The van der Waals surface area contributed by atoms with Gasteiger partial charge in [-0.3, -0.25) is 9.59 Å². The zero-order valence-electron chi connectivity index (χ0n) is 46.9. The lowest BCUT2D eigenvalue weighted by molar-refractivity contribution is 0.0765. The van der Waals surface area contributed by atoms with Gasteiger partial charge in [-0.15, -0.1) is 0 Å². The van der Waals surface area contributed by atoms with Crippen molar-refractivity contribution in [2.45, 2.75) is 115 Å². The van der Waals surface area contributed by atoms with Gasteiger partial charge in [-0.25, -0.2) is 31.1 Å². The fourth-order valence-corrected chi connectivity index (χ4v) is 12.9. The molecule has 5 aromatic carbocycles. The minimum atomic E-state index is -3.71. The number of rotatable bonds is 16. The first-order valence-corrected chi connectivity index (χ1v) is 31.0. The highest BCUT2D eigenvalue weighted by Crippen LogP contribution is 2.46. The van der Waals surface area contributed by atoms with Crippen molar-refractivity contribution in [2.24, 2.45) is 0 Å². The summed E-state index contributed by atoms with van der Waals surface area (Å²) in [5.74, 6) is 1.23. The average Bonchev–Trinajstić information content (AvgIpc) is 4.01. The molecule has 4 aliphatic heterocycles. The number of carbonyl (C=O) groups excluding carboxylic acids is 3. The SMILES string of the molecule is C.CCNS(=O)(=O)c1ccc2c(c1)C(c1ccc(C(=O)N(CC)CC)cc1)=CC1(CCCN(C(=O)OCc3ccccc3)CC1)O2.CCNS(=O)(=O)c1ccc2c(c1)C(c1ccc(C(=O)N(CC)CC)cc1)=CC1(CCCNCC1)O2. The van der Waals surface area contributed by atoms with E-state index in [0.29, 0.717) is 93.3 Å². The maximum atomic E-state index is 13.0. The molecule has 0 aliphatic carbocycles. The highest BCUT2D eigenvalue weighted by atomic mass is 32.2. The van der Waals surface area contributed by atoms with Crippen molar-refractivity contribution in [1.82, 2.24) is 29.5 Å². The maximum Gasteiger partial charge on any atom is 0.410 e. The van der Waals surface area contributed by atoms with E-state index in [0.717, 1.165) is 65.8 Å². The van der Waals surface area contributed by atoms with E-state index < -0.39 is 31.2 Å². The predicted octanol–water partition coefficient (Wildman–Crippen LogP) is 10.3. The van der Waals surface area contributed by atoms with Gasteiger partial charge in [0.05, 0.1) is 9.79 Å². The molecule has 0 radical (unpaired) electrons. The maximum absolute atomic E-state index is 13.0. The average molecular weight is 1150 g/mol. The number of hydrogen-bond acceptors (Lipinski definition) is 11. The molecule has 0 saturated carbocycles. The molecule has 5 aromatic rings. The number of nitrogens with one attached hydrogen (secondary N) is 3. The summed E-state index contributed by atoms with van der Waals surface area (Å²) in [4.78, 5) is 44.4. The van der Waals surface area contributed by atoms with E-state index in [4.69, 9.17) is 14.2 Å². The molecule has 4 heterocycles. The van der Waals surface area contributed by atoms with E-state index >= 15 is 0 Å². The summed E-state index contributed by atoms with van der Waals surface area (Å²) in [6.45, 7) is 17.5. The molecule has 2 unspecified atom stereocenters. The molecule has 2 atom stereocenters. The van der Waals surface area contributed by atoms with Crippen LogP contribution in [0.4, 0.5) is 4.79 Å². The van der Waals surface area contributed by atoms with Gasteiger partial charge in [-0.05, 0) is 167 Å². The van der Waals surface area contributed by atoms with E-state index in [9.17, 15) is 31.2 Å². The third-order valence-corrected chi connectivity index (χ3v) is 18.3. The number of hydrogen-bond donors (Lipinski definition) is 3. The van der Waals surface area contributed by atoms with Crippen molar-refractivity contribution in [3.8, 4) is 11.5 Å². The van der Waals surface area contributed by atoms with Crippen LogP contribution in [-0.2, 0) is 31.4 Å². The number of ether oxygens (including phenoxy) is 3. The van der Waals surface area contributed by atoms with Crippen LogP contribution in [0.3, 0.4) is 0 Å². The second-order valence-electron chi connectivity index (χ2n) is 20.4. The van der Waals surface area contributed by atoms with Crippen LogP contribution in [0.5, 0.6) is 11.5 Å². The fraction of sp³-hybridized carbons (Fsp3) is 0.413. The second-order valence-corrected chi connectivity index (χ2v) is 23.9. The molecule has 2 fully saturated rings. The van der Waals surface area contributed by atoms with Crippen LogP contribution in [-0.4, -0.2) is 126 Å². The molecule has 2 saturated heterocycles. The molecule has 3 amide bonds. The summed E-state index contributed by atoms with van der Waals surface area (Å²) >= 11 is 0. The zero-order chi connectivity index (χ0) is 57.1. The third-order valence-electron chi connectivity index (χ3n) is 15.2. The highest BCUT2D eigenvalue weighted by molar-refractivity contribution is 7.89. The first-order chi connectivity index (χ1) is 38.5. The fourth-order valence-electron chi connectivity index (χ4n) is 10.8. The Morgan fingerprint density at radius 2 is 1.05 bits per heavy atom. The Labute approximate surface area is 480 Å². The van der Waals surface area contributed by atoms with Crippen molar-refractivity contribution in [3.05, 3.63) is 166 Å². The zero-order valence-corrected chi connectivity index (χ0v) is 48.5. The van der Waals surface area contributed by atoms with Crippen molar-refractivity contribution in [2.75, 3.05) is 65.4 Å². The van der Waals surface area contributed by atoms with Gasteiger partial charge in [0.2, 0.25) is 20.0 Å². The van der Waals surface area contributed by atoms with Crippen LogP contribution < -0.4 is 24.2 Å². The van der Waals surface area contributed by atoms with Gasteiger partial charge in [-0.1, -0.05) is 75.9 Å². The number of nitrogens with zero attached hydrogens (tertiary/aromatic N) is 3. The Kier molecular flexibility index (Phi) is 20.8. The molecule has 434 valence electrons. The first kappa shape index (κ1) is 61.8. The molecule has 3 N–H and O–H groups in total. The topological polar surface area (TPSA) is 193 Å². The number of amides is 3. The van der Waals surface area contributed by atoms with Crippen molar-refractivity contribution >= 4 is 49.1 Å². The minimum absolute atomic E-state index is 0. The molecule has 0 aromatic heterocycles. The van der Waals surface area contributed by atoms with Crippen molar-refractivity contribution in [3.63, 3.8) is 0 Å². The van der Waals surface area contributed by atoms with Gasteiger partial charge >= 0.3 is 6.09 Å². The first-order valence-electron chi connectivity index (χ1n) is 28.1. The molecule has 0 bridgehead atoms. The Hall–Kier alpha value is -6.83. The van der Waals surface area contributed by atoms with Crippen molar-refractivity contribution in [1.29, 1.82) is 0 Å². The Morgan fingerprint density at radius 3 is 1.52 bits per heavy atom. The predicted molar refractivity (Wildman–Crippen MR) is 318 cm³/mol. The minimum Gasteiger partial charge on any atom is -0.482 e. The van der Waals surface area contributed by atoms with E-state index in [1.54, 1.807) is 64.9 Å². The van der Waals surface area contributed by atoms with Gasteiger partial charge in [0, 0.05) is 87.5 Å². The van der Waals surface area contributed by atoms with Crippen LogP contribution in [0.15, 0.2) is 137 Å². The summed E-state index contributed by atoms with van der Waals surface area (Å²) in [6.07, 6.45) is 8.45.